The van der Waals surface area contributed by atoms with Crippen molar-refractivity contribution >= 4 is 6.29 Å². The first-order valence-electron chi connectivity index (χ1n) is 7.53. The molecule has 0 unspecified atom stereocenters. The van der Waals surface area contributed by atoms with Crippen LogP contribution in [0.5, 0.6) is 11.5 Å². The minimum atomic E-state index is 0.456. The van der Waals surface area contributed by atoms with Gasteiger partial charge in [0, 0.05) is 6.42 Å². The predicted molar refractivity (Wildman–Crippen MR) is 82.6 cm³/mol. The number of fused-ring (bicyclic) bond motifs is 1. The summed E-state index contributed by atoms with van der Waals surface area (Å²) in [6.07, 6.45) is 5.98. The summed E-state index contributed by atoms with van der Waals surface area (Å²) in [6, 6.07) is 5.75. The lowest BCUT2D eigenvalue weighted by molar-refractivity contribution is -0.107. The van der Waals surface area contributed by atoms with Gasteiger partial charge in [0.25, 0.3) is 0 Å². The molecule has 22 heavy (non-hydrogen) atoms. The third-order valence-corrected chi connectivity index (χ3v) is 3.12. The number of benzene rings is 1. The van der Waals surface area contributed by atoms with E-state index in [0.717, 1.165) is 11.8 Å². The Morgan fingerprint density at radius 1 is 0.909 bits per heavy atom. The Balaban J connectivity index is 2.02. The van der Waals surface area contributed by atoms with Crippen LogP contribution in [-0.2, 0) is 20.7 Å². The van der Waals surface area contributed by atoms with Crippen LogP contribution < -0.4 is 9.47 Å². The van der Waals surface area contributed by atoms with Crippen LogP contribution in [-0.4, -0.2) is 45.9 Å². The quantitative estimate of drug-likeness (QED) is 0.633. The maximum absolute atomic E-state index is 10.5. The van der Waals surface area contributed by atoms with Crippen LogP contribution in [0.3, 0.4) is 0 Å². The monoisotopic (exact) mass is 306 g/mol. The molecule has 1 aliphatic heterocycles. The first-order valence-corrected chi connectivity index (χ1v) is 7.53. The molecule has 1 aromatic carbocycles. The van der Waals surface area contributed by atoms with E-state index in [-0.39, 0.29) is 0 Å². The molecule has 0 fully saturated rings. The summed E-state index contributed by atoms with van der Waals surface area (Å²) in [7, 11) is 0. The fraction of sp³-hybridized carbons (Fsp3) is 0.471. The molecule has 0 N–H and O–H groups in total. The maximum atomic E-state index is 10.5. The zero-order valence-electron chi connectivity index (χ0n) is 12.7. The van der Waals surface area contributed by atoms with Crippen LogP contribution in [0.15, 0.2) is 30.4 Å². The van der Waals surface area contributed by atoms with Crippen molar-refractivity contribution in [2.75, 3.05) is 39.6 Å². The first-order chi connectivity index (χ1) is 10.9. The molecule has 0 aromatic heterocycles. The van der Waals surface area contributed by atoms with Crippen LogP contribution in [0, 0.1) is 0 Å². The Bertz CT molecular complexity index is 484. The molecule has 1 aromatic rings. The van der Waals surface area contributed by atoms with Gasteiger partial charge in [-0.2, -0.15) is 0 Å². The fourth-order valence-corrected chi connectivity index (χ4v) is 2.03. The minimum Gasteiger partial charge on any atom is -0.487 e. The van der Waals surface area contributed by atoms with E-state index < -0.39 is 0 Å². The number of rotatable bonds is 3. The summed E-state index contributed by atoms with van der Waals surface area (Å²) < 4.78 is 22.3. The number of carbonyl (C=O) groups excluding carboxylic acids is 1. The van der Waals surface area contributed by atoms with E-state index >= 15 is 0 Å². The summed E-state index contributed by atoms with van der Waals surface area (Å²) >= 11 is 0. The van der Waals surface area contributed by atoms with E-state index in [4.69, 9.17) is 18.9 Å². The SMILES string of the molecule is O=CCCc1ccc2c(c1)OCCOCC=CCOCCO2. The lowest BCUT2D eigenvalue weighted by Crippen LogP contribution is -2.11. The molecule has 5 nitrogen and oxygen atoms in total. The van der Waals surface area contributed by atoms with Crippen molar-refractivity contribution in [1.82, 2.24) is 0 Å². The van der Waals surface area contributed by atoms with Gasteiger partial charge in [-0.05, 0) is 24.1 Å². The number of hydrogen-bond acceptors (Lipinski definition) is 5. The second-order valence-corrected chi connectivity index (χ2v) is 4.80. The normalized spacial score (nSPS) is 16.7. The highest BCUT2D eigenvalue weighted by molar-refractivity contribution is 5.51. The van der Waals surface area contributed by atoms with Crippen LogP contribution in [0.1, 0.15) is 12.0 Å². The Hall–Kier alpha value is -1.85. The maximum Gasteiger partial charge on any atom is 0.161 e. The van der Waals surface area contributed by atoms with Gasteiger partial charge in [-0.25, -0.2) is 0 Å². The highest BCUT2D eigenvalue weighted by Crippen LogP contribution is 2.29. The van der Waals surface area contributed by atoms with Crippen LogP contribution in [0.25, 0.3) is 0 Å². The fourth-order valence-electron chi connectivity index (χ4n) is 2.03. The molecule has 0 aliphatic carbocycles. The molecule has 0 atom stereocenters. The van der Waals surface area contributed by atoms with E-state index in [1.165, 1.54) is 0 Å². The summed E-state index contributed by atoms with van der Waals surface area (Å²) in [4.78, 5) is 10.5. The summed E-state index contributed by atoms with van der Waals surface area (Å²) in [5, 5.41) is 0. The van der Waals surface area contributed by atoms with Crippen LogP contribution in [0.2, 0.25) is 0 Å². The molecule has 0 spiro atoms. The number of hydrogen-bond donors (Lipinski definition) is 0. The van der Waals surface area contributed by atoms with E-state index in [1.54, 1.807) is 0 Å². The number of carbonyl (C=O) groups is 1. The number of ether oxygens (including phenoxy) is 4. The van der Waals surface area contributed by atoms with Gasteiger partial charge in [-0.3, -0.25) is 0 Å². The van der Waals surface area contributed by atoms with Crippen molar-refractivity contribution in [3.05, 3.63) is 35.9 Å². The zero-order chi connectivity index (χ0) is 15.5. The van der Waals surface area contributed by atoms with Gasteiger partial charge in [0.2, 0.25) is 0 Å². The van der Waals surface area contributed by atoms with Gasteiger partial charge in [0.05, 0.1) is 26.4 Å². The van der Waals surface area contributed by atoms with Crippen LogP contribution in [0.4, 0.5) is 0 Å². The van der Waals surface area contributed by atoms with E-state index in [2.05, 4.69) is 0 Å². The van der Waals surface area contributed by atoms with Crippen molar-refractivity contribution < 1.29 is 23.7 Å². The van der Waals surface area contributed by atoms with E-state index in [0.29, 0.717) is 64.0 Å². The lowest BCUT2D eigenvalue weighted by Gasteiger charge is -2.14. The Kier molecular flexibility index (Phi) is 7.49. The second kappa shape index (κ2) is 9.97. The average molecular weight is 306 g/mol. The molecule has 2 rings (SSSR count). The summed E-state index contributed by atoms with van der Waals surface area (Å²) in [5.74, 6) is 1.37. The molecule has 1 heterocycles. The second-order valence-electron chi connectivity index (χ2n) is 4.80. The van der Waals surface area contributed by atoms with Gasteiger partial charge in [-0.1, -0.05) is 18.2 Å². The summed E-state index contributed by atoms with van der Waals surface area (Å²) in [6.45, 7) is 3.04. The first kappa shape index (κ1) is 16.5. The van der Waals surface area contributed by atoms with Gasteiger partial charge in [0.15, 0.2) is 11.5 Å². The average Bonchev–Trinajstić information content (AvgIpc) is 2.54. The predicted octanol–water partition coefficient (Wildman–Crippen LogP) is 2.18. The molecular formula is C17H22O5. The van der Waals surface area contributed by atoms with Crippen molar-refractivity contribution in [2.45, 2.75) is 12.8 Å². The van der Waals surface area contributed by atoms with Crippen molar-refractivity contribution in [3.8, 4) is 11.5 Å². The Labute approximate surface area is 130 Å². The number of aldehydes is 1. The molecule has 1 aliphatic rings. The minimum absolute atomic E-state index is 0.456. The molecule has 0 bridgehead atoms. The van der Waals surface area contributed by atoms with Gasteiger partial charge >= 0.3 is 0 Å². The highest BCUT2D eigenvalue weighted by Gasteiger charge is 2.07. The van der Waals surface area contributed by atoms with Crippen molar-refractivity contribution in [2.24, 2.45) is 0 Å². The molecule has 0 amide bonds. The van der Waals surface area contributed by atoms with Crippen molar-refractivity contribution in [1.29, 1.82) is 0 Å². The standard InChI is InChI=1S/C17H22O5/c18-7-3-4-15-5-6-16-17(14-15)22-13-11-20-9-2-1-8-19-10-12-21-16/h1-2,5-7,14H,3-4,8-13H2. The number of aryl methyl sites for hydroxylation is 1. The Morgan fingerprint density at radius 3 is 2.27 bits per heavy atom. The zero-order valence-corrected chi connectivity index (χ0v) is 12.7. The smallest absolute Gasteiger partial charge is 0.161 e. The van der Waals surface area contributed by atoms with Gasteiger partial charge < -0.3 is 23.7 Å². The molecule has 0 saturated heterocycles. The van der Waals surface area contributed by atoms with Gasteiger partial charge in [-0.15, -0.1) is 0 Å². The third kappa shape index (κ3) is 5.87. The van der Waals surface area contributed by atoms with E-state index in [9.17, 15) is 4.79 Å². The molecule has 120 valence electrons. The lowest BCUT2D eigenvalue weighted by atomic mass is 10.1. The van der Waals surface area contributed by atoms with Gasteiger partial charge in [0.1, 0.15) is 19.5 Å². The largest absolute Gasteiger partial charge is 0.487 e. The van der Waals surface area contributed by atoms with E-state index in [1.807, 2.05) is 30.4 Å². The summed E-state index contributed by atoms with van der Waals surface area (Å²) in [5.41, 5.74) is 1.05. The van der Waals surface area contributed by atoms with Crippen molar-refractivity contribution in [3.63, 3.8) is 0 Å². The molecular weight excluding hydrogens is 284 g/mol. The molecule has 5 heteroatoms. The third-order valence-electron chi connectivity index (χ3n) is 3.12. The topological polar surface area (TPSA) is 54.0 Å². The van der Waals surface area contributed by atoms with Crippen LogP contribution >= 0.6 is 0 Å². The molecule has 0 radical (unpaired) electrons. The highest BCUT2D eigenvalue weighted by atomic mass is 16.6. The molecule has 0 saturated carbocycles. The Morgan fingerprint density at radius 2 is 1.59 bits per heavy atom.